The summed E-state index contributed by atoms with van der Waals surface area (Å²) in [5.74, 6) is 2.36. The molecule has 164 valence electrons. The van der Waals surface area contributed by atoms with Gasteiger partial charge in [-0.15, -0.1) is 11.3 Å². The van der Waals surface area contributed by atoms with Gasteiger partial charge in [-0.25, -0.2) is 4.98 Å². The quantitative estimate of drug-likeness (QED) is 0.542. The van der Waals surface area contributed by atoms with Crippen LogP contribution in [-0.4, -0.2) is 74.6 Å². The molecule has 0 radical (unpaired) electrons. The lowest BCUT2D eigenvalue weighted by molar-refractivity contribution is -0.136. The highest BCUT2D eigenvalue weighted by Crippen LogP contribution is 2.37. The molecular formula is C21H28N8OS. The summed E-state index contributed by atoms with van der Waals surface area (Å²) >= 11 is 1.61. The van der Waals surface area contributed by atoms with Crippen molar-refractivity contribution in [2.45, 2.75) is 50.7 Å². The zero-order valence-electron chi connectivity index (χ0n) is 18.1. The summed E-state index contributed by atoms with van der Waals surface area (Å²) in [6.45, 7) is 2.44. The second-order valence-electron chi connectivity index (χ2n) is 8.83. The Bertz CT molecular complexity index is 1080. The van der Waals surface area contributed by atoms with Gasteiger partial charge in [-0.3, -0.25) is 9.89 Å². The van der Waals surface area contributed by atoms with E-state index in [0.717, 1.165) is 53.2 Å². The molecule has 3 N–H and O–H groups in total. The van der Waals surface area contributed by atoms with E-state index in [0.29, 0.717) is 24.6 Å². The number of nitrogens with one attached hydrogen (secondary N) is 3. The lowest BCUT2D eigenvalue weighted by Crippen LogP contribution is -2.52. The number of aromatic amines is 1. The van der Waals surface area contributed by atoms with Gasteiger partial charge in [0.2, 0.25) is 11.9 Å². The van der Waals surface area contributed by atoms with Crippen LogP contribution in [0.2, 0.25) is 0 Å². The predicted octanol–water partition coefficient (Wildman–Crippen LogP) is 2.96. The van der Waals surface area contributed by atoms with Crippen molar-refractivity contribution in [3.63, 3.8) is 0 Å². The number of rotatable bonds is 6. The van der Waals surface area contributed by atoms with Crippen LogP contribution in [0.15, 0.2) is 17.5 Å². The molecule has 2 aliphatic rings. The number of thiophene rings is 1. The van der Waals surface area contributed by atoms with E-state index in [1.54, 1.807) is 11.3 Å². The third-order valence-electron chi connectivity index (χ3n) is 6.06. The summed E-state index contributed by atoms with van der Waals surface area (Å²) in [4.78, 5) is 26.3. The first-order valence-electron chi connectivity index (χ1n) is 10.7. The molecule has 2 aliphatic heterocycles. The largest absolute Gasteiger partial charge is 0.351 e. The monoisotopic (exact) mass is 440 g/mol. The number of likely N-dealkylation sites (N-methyl/N-ethyl adjacent to an activating group) is 1. The average Bonchev–Trinajstić information content (AvgIpc) is 3.40. The van der Waals surface area contributed by atoms with Crippen molar-refractivity contribution in [3.8, 4) is 0 Å². The second kappa shape index (κ2) is 8.08. The topological polar surface area (TPSA) is 102 Å². The summed E-state index contributed by atoms with van der Waals surface area (Å²) in [5.41, 5.74) is 1.90. The normalized spacial score (nSPS) is 23.0. The van der Waals surface area contributed by atoms with Crippen molar-refractivity contribution in [2.24, 2.45) is 0 Å². The predicted molar refractivity (Wildman–Crippen MR) is 123 cm³/mol. The molecule has 3 aromatic heterocycles. The van der Waals surface area contributed by atoms with E-state index in [-0.39, 0.29) is 11.9 Å². The number of aromatic nitrogens is 4. The minimum Gasteiger partial charge on any atom is -0.351 e. The van der Waals surface area contributed by atoms with E-state index in [2.05, 4.69) is 25.7 Å². The van der Waals surface area contributed by atoms with Crippen LogP contribution in [0.5, 0.6) is 0 Å². The van der Waals surface area contributed by atoms with Gasteiger partial charge >= 0.3 is 0 Å². The molecule has 3 atom stereocenters. The Morgan fingerprint density at radius 2 is 2.06 bits per heavy atom. The van der Waals surface area contributed by atoms with E-state index in [1.165, 1.54) is 0 Å². The first-order valence-corrected chi connectivity index (χ1v) is 11.6. The Hall–Kier alpha value is -2.72. The summed E-state index contributed by atoms with van der Waals surface area (Å²) in [6, 6.07) is 4.83. The SMILES string of the molecule is Cc1cc(Nc2nc(NC3C[C@H]4CC[C@@H](C3)N4C(=O)CN(C)C)nc3ccsc23)n[nH]1. The fourth-order valence-corrected chi connectivity index (χ4v) is 5.63. The van der Waals surface area contributed by atoms with Gasteiger partial charge in [0, 0.05) is 29.9 Å². The molecule has 5 rings (SSSR count). The number of fused-ring (bicyclic) bond motifs is 3. The van der Waals surface area contributed by atoms with Gasteiger partial charge in [0.05, 0.1) is 16.8 Å². The van der Waals surface area contributed by atoms with Crippen LogP contribution in [0.3, 0.4) is 0 Å². The molecule has 1 unspecified atom stereocenters. The van der Waals surface area contributed by atoms with E-state index < -0.39 is 0 Å². The van der Waals surface area contributed by atoms with Crippen molar-refractivity contribution in [1.29, 1.82) is 0 Å². The summed E-state index contributed by atoms with van der Waals surface area (Å²) in [5, 5.41) is 16.1. The number of amides is 1. The van der Waals surface area contributed by atoms with Crippen molar-refractivity contribution in [3.05, 3.63) is 23.2 Å². The van der Waals surface area contributed by atoms with Crippen LogP contribution < -0.4 is 10.6 Å². The highest BCUT2D eigenvalue weighted by molar-refractivity contribution is 7.17. The first kappa shape index (κ1) is 20.2. The van der Waals surface area contributed by atoms with Crippen LogP contribution in [0.4, 0.5) is 17.6 Å². The Kier molecular flexibility index (Phi) is 5.27. The van der Waals surface area contributed by atoms with Crippen LogP contribution in [0.1, 0.15) is 31.4 Å². The summed E-state index contributed by atoms with van der Waals surface area (Å²) < 4.78 is 1.01. The van der Waals surface area contributed by atoms with E-state index in [4.69, 9.17) is 9.97 Å². The zero-order chi connectivity index (χ0) is 21.5. The maximum Gasteiger partial charge on any atom is 0.237 e. The molecule has 0 saturated carbocycles. The summed E-state index contributed by atoms with van der Waals surface area (Å²) in [6.07, 6.45) is 4.03. The minimum absolute atomic E-state index is 0.243. The number of piperidine rings is 1. The van der Waals surface area contributed by atoms with Gasteiger partial charge in [-0.2, -0.15) is 10.1 Å². The molecule has 5 heterocycles. The van der Waals surface area contributed by atoms with Gasteiger partial charge in [0.1, 0.15) is 0 Å². The molecule has 1 amide bonds. The maximum absolute atomic E-state index is 12.7. The zero-order valence-corrected chi connectivity index (χ0v) is 18.9. The Morgan fingerprint density at radius 1 is 1.29 bits per heavy atom. The average molecular weight is 441 g/mol. The summed E-state index contributed by atoms with van der Waals surface area (Å²) in [7, 11) is 3.89. The number of hydrogen-bond acceptors (Lipinski definition) is 8. The first-order chi connectivity index (χ1) is 15.0. The Morgan fingerprint density at radius 3 is 2.74 bits per heavy atom. The molecule has 2 saturated heterocycles. The molecule has 0 aromatic carbocycles. The number of anilines is 3. The lowest BCUT2D eigenvalue weighted by atomic mass is 9.97. The van der Waals surface area contributed by atoms with E-state index in [9.17, 15) is 4.79 Å². The van der Waals surface area contributed by atoms with Gasteiger partial charge in [0.25, 0.3) is 0 Å². The highest BCUT2D eigenvalue weighted by atomic mass is 32.1. The number of carbonyl (C=O) groups is 1. The Balaban J connectivity index is 1.33. The van der Waals surface area contributed by atoms with Crippen LogP contribution in [0, 0.1) is 6.92 Å². The van der Waals surface area contributed by atoms with Crippen LogP contribution >= 0.6 is 11.3 Å². The number of carbonyl (C=O) groups excluding carboxylic acids is 1. The molecule has 31 heavy (non-hydrogen) atoms. The molecule has 2 bridgehead atoms. The van der Waals surface area contributed by atoms with Crippen molar-refractivity contribution < 1.29 is 4.79 Å². The van der Waals surface area contributed by atoms with Gasteiger partial charge in [-0.1, -0.05) is 0 Å². The molecule has 2 fully saturated rings. The molecule has 0 spiro atoms. The van der Waals surface area contributed by atoms with E-state index in [1.807, 2.05) is 43.4 Å². The standard InChI is InChI=1S/C21H28N8OS/c1-12-8-17(27-26-12)24-20-19-16(6-7-31-19)23-21(25-20)22-13-9-14-4-5-15(10-13)29(14)18(30)11-28(2)3/h6-8,13-15H,4-5,9-11H2,1-3H3,(H3,22,23,24,25,26,27)/t13?,14-,15+. The third kappa shape index (κ3) is 4.09. The molecular weight excluding hydrogens is 412 g/mol. The fourth-order valence-electron chi connectivity index (χ4n) is 4.85. The fraction of sp³-hybridized carbons (Fsp3) is 0.524. The minimum atomic E-state index is 0.243. The maximum atomic E-state index is 12.7. The van der Waals surface area contributed by atoms with Crippen molar-refractivity contribution in [1.82, 2.24) is 30.0 Å². The van der Waals surface area contributed by atoms with E-state index >= 15 is 0 Å². The third-order valence-corrected chi connectivity index (χ3v) is 6.97. The van der Waals surface area contributed by atoms with Gasteiger partial charge in [0.15, 0.2) is 11.6 Å². The lowest BCUT2D eigenvalue weighted by Gasteiger charge is -2.39. The van der Waals surface area contributed by atoms with Gasteiger partial charge < -0.3 is 20.4 Å². The van der Waals surface area contributed by atoms with Crippen molar-refractivity contribution >= 4 is 45.0 Å². The van der Waals surface area contributed by atoms with Crippen molar-refractivity contribution in [2.75, 3.05) is 31.3 Å². The molecule has 0 aliphatic carbocycles. The number of H-pyrrole nitrogens is 1. The number of aryl methyl sites for hydroxylation is 1. The smallest absolute Gasteiger partial charge is 0.237 e. The molecule has 9 nitrogen and oxygen atoms in total. The molecule has 10 heteroatoms. The van der Waals surface area contributed by atoms with Crippen LogP contribution in [0.25, 0.3) is 10.2 Å². The van der Waals surface area contributed by atoms with Gasteiger partial charge in [-0.05, 0) is 58.1 Å². The highest BCUT2D eigenvalue weighted by Gasteiger charge is 2.43. The van der Waals surface area contributed by atoms with Crippen LogP contribution in [-0.2, 0) is 4.79 Å². The molecule has 3 aromatic rings. The second-order valence-corrected chi connectivity index (χ2v) is 9.74. The number of nitrogens with zero attached hydrogens (tertiary/aromatic N) is 5. The Labute approximate surface area is 185 Å². The number of hydrogen-bond donors (Lipinski definition) is 3.